The van der Waals surface area contributed by atoms with Crippen molar-refractivity contribution in [3.63, 3.8) is 0 Å². The number of benzene rings is 2. The minimum atomic E-state index is -0.905. The number of nitrogens with zero attached hydrogens (tertiary/aromatic N) is 1. The zero-order chi connectivity index (χ0) is 13.7. The van der Waals surface area contributed by atoms with E-state index in [4.69, 9.17) is 9.47 Å². The van der Waals surface area contributed by atoms with Gasteiger partial charge in [0.1, 0.15) is 5.82 Å². The van der Waals surface area contributed by atoms with Gasteiger partial charge in [-0.15, -0.1) is 0 Å². The molecule has 0 saturated carbocycles. The van der Waals surface area contributed by atoms with Crippen LogP contribution in [-0.2, 0) is 0 Å². The fraction of sp³-hybridized carbons (Fsp3) is 0.0714. The van der Waals surface area contributed by atoms with E-state index in [-0.39, 0.29) is 6.79 Å². The van der Waals surface area contributed by atoms with Crippen molar-refractivity contribution in [1.82, 2.24) is 9.97 Å². The molecule has 20 heavy (non-hydrogen) atoms. The van der Waals surface area contributed by atoms with Crippen molar-refractivity contribution >= 4 is 11.0 Å². The Morgan fingerprint density at radius 2 is 1.80 bits per heavy atom. The smallest absolute Gasteiger partial charge is 0.231 e. The largest absolute Gasteiger partial charge is 0.454 e. The monoisotopic (exact) mass is 274 g/mol. The highest BCUT2D eigenvalue weighted by molar-refractivity contribution is 5.83. The van der Waals surface area contributed by atoms with Crippen molar-refractivity contribution < 1.29 is 18.3 Å². The second-order valence-electron chi connectivity index (χ2n) is 4.44. The SMILES string of the molecule is Fc1ccc(-c2nc3cc4c(cc3[nH]2)OCO4)cc1F. The first kappa shape index (κ1) is 11.2. The van der Waals surface area contributed by atoms with Crippen LogP contribution in [0.2, 0.25) is 0 Å². The highest BCUT2D eigenvalue weighted by Crippen LogP contribution is 2.36. The molecule has 1 aliphatic rings. The van der Waals surface area contributed by atoms with Crippen LogP contribution in [0.3, 0.4) is 0 Å². The molecule has 4 nitrogen and oxygen atoms in total. The van der Waals surface area contributed by atoms with Crippen molar-refractivity contribution in [3.8, 4) is 22.9 Å². The van der Waals surface area contributed by atoms with Crippen LogP contribution < -0.4 is 9.47 Å². The molecule has 0 unspecified atom stereocenters. The molecule has 6 heteroatoms. The van der Waals surface area contributed by atoms with Gasteiger partial charge in [-0.3, -0.25) is 0 Å². The Morgan fingerprint density at radius 1 is 1.00 bits per heavy atom. The summed E-state index contributed by atoms with van der Waals surface area (Å²) in [5.41, 5.74) is 1.89. The minimum absolute atomic E-state index is 0.192. The van der Waals surface area contributed by atoms with Crippen molar-refractivity contribution in [2.45, 2.75) is 0 Å². The van der Waals surface area contributed by atoms with Gasteiger partial charge < -0.3 is 14.5 Å². The Balaban J connectivity index is 1.86. The van der Waals surface area contributed by atoms with Crippen LogP contribution in [0.15, 0.2) is 30.3 Å². The van der Waals surface area contributed by atoms with E-state index in [9.17, 15) is 8.78 Å². The third-order valence-electron chi connectivity index (χ3n) is 3.17. The van der Waals surface area contributed by atoms with Crippen LogP contribution in [0.1, 0.15) is 0 Å². The maximum atomic E-state index is 13.3. The summed E-state index contributed by atoms with van der Waals surface area (Å²) >= 11 is 0. The maximum absolute atomic E-state index is 13.3. The number of aromatic amines is 1. The highest BCUT2D eigenvalue weighted by Gasteiger charge is 2.17. The molecule has 0 saturated heterocycles. The second kappa shape index (κ2) is 3.93. The molecule has 2 aromatic carbocycles. The molecule has 0 amide bonds. The predicted molar refractivity (Wildman–Crippen MR) is 67.6 cm³/mol. The number of hydrogen-bond donors (Lipinski definition) is 1. The van der Waals surface area contributed by atoms with Crippen LogP contribution in [0.25, 0.3) is 22.4 Å². The Labute approximate surface area is 112 Å². The standard InChI is InChI=1S/C14H8F2N2O2/c15-8-2-1-7(3-9(8)16)14-17-10-4-12-13(20-6-19-12)5-11(10)18-14/h1-5H,6H2,(H,17,18). The lowest BCUT2D eigenvalue weighted by Gasteiger charge is -1.97. The molecule has 0 fully saturated rings. The third kappa shape index (κ3) is 1.61. The van der Waals surface area contributed by atoms with Gasteiger partial charge in [0.05, 0.1) is 11.0 Å². The van der Waals surface area contributed by atoms with Crippen molar-refractivity contribution in [2.24, 2.45) is 0 Å². The average Bonchev–Trinajstić information content (AvgIpc) is 3.04. The Bertz CT molecular complexity index is 788. The van der Waals surface area contributed by atoms with Crippen LogP contribution in [0.4, 0.5) is 8.78 Å². The van der Waals surface area contributed by atoms with Gasteiger partial charge in [-0.2, -0.15) is 0 Å². The fourth-order valence-electron chi connectivity index (χ4n) is 2.18. The molecule has 2 heterocycles. The van der Waals surface area contributed by atoms with E-state index in [2.05, 4.69) is 9.97 Å². The zero-order valence-electron chi connectivity index (χ0n) is 10.1. The number of imidazole rings is 1. The van der Waals surface area contributed by atoms with Gasteiger partial charge in [0.2, 0.25) is 6.79 Å². The number of rotatable bonds is 1. The van der Waals surface area contributed by atoms with Crippen LogP contribution >= 0.6 is 0 Å². The molecular formula is C14H8F2N2O2. The van der Waals surface area contributed by atoms with E-state index in [0.717, 1.165) is 17.6 Å². The summed E-state index contributed by atoms with van der Waals surface area (Å²) in [6.45, 7) is 0.192. The van der Waals surface area contributed by atoms with Gasteiger partial charge in [-0.25, -0.2) is 13.8 Å². The lowest BCUT2D eigenvalue weighted by Crippen LogP contribution is -1.92. The van der Waals surface area contributed by atoms with Crippen LogP contribution in [0.5, 0.6) is 11.5 Å². The zero-order valence-corrected chi connectivity index (χ0v) is 10.1. The summed E-state index contributed by atoms with van der Waals surface area (Å²) in [6, 6.07) is 7.17. The summed E-state index contributed by atoms with van der Waals surface area (Å²) in [5, 5.41) is 0. The summed E-state index contributed by atoms with van der Waals surface area (Å²) in [5.74, 6) is -0.0656. The Morgan fingerprint density at radius 3 is 2.60 bits per heavy atom. The number of nitrogens with one attached hydrogen (secondary N) is 1. The van der Waals surface area contributed by atoms with Gasteiger partial charge in [-0.05, 0) is 18.2 Å². The first-order chi connectivity index (χ1) is 9.70. The molecule has 1 N–H and O–H groups in total. The molecule has 0 radical (unpaired) electrons. The van der Waals surface area contributed by atoms with Gasteiger partial charge in [0.15, 0.2) is 23.1 Å². The number of aromatic nitrogens is 2. The molecule has 0 spiro atoms. The number of halogens is 2. The minimum Gasteiger partial charge on any atom is -0.454 e. The van der Waals surface area contributed by atoms with Crippen molar-refractivity contribution in [1.29, 1.82) is 0 Å². The quantitative estimate of drug-likeness (QED) is 0.741. The predicted octanol–water partition coefficient (Wildman–Crippen LogP) is 3.24. The lowest BCUT2D eigenvalue weighted by molar-refractivity contribution is 0.174. The van der Waals surface area contributed by atoms with Crippen molar-refractivity contribution in [2.75, 3.05) is 6.79 Å². The van der Waals surface area contributed by atoms with Gasteiger partial charge in [-0.1, -0.05) is 0 Å². The Hall–Kier alpha value is -2.63. The summed E-state index contributed by atoms with van der Waals surface area (Å²) in [4.78, 5) is 7.40. The number of fused-ring (bicyclic) bond motifs is 2. The molecule has 1 aliphatic heterocycles. The molecule has 100 valence electrons. The van der Waals surface area contributed by atoms with Crippen LogP contribution in [0, 0.1) is 11.6 Å². The van der Waals surface area contributed by atoms with Crippen molar-refractivity contribution in [3.05, 3.63) is 42.0 Å². The van der Waals surface area contributed by atoms with E-state index in [1.807, 2.05) is 0 Å². The van der Waals surface area contributed by atoms with E-state index in [0.29, 0.717) is 28.4 Å². The molecular weight excluding hydrogens is 266 g/mol. The Kier molecular flexibility index (Phi) is 2.20. The molecule has 4 rings (SSSR count). The summed E-state index contributed by atoms with van der Waals surface area (Å²) in [6.07, 6.45) is 0. The lowest BCUT2D eigenvalue weighted by atomic mass is 10.2. The molecule has 0 aliphatic carbocycles. The normalized spacial score (nSPS) is 13.1. The van der Waals surface area contributed by atoms with Gasteiger partial charge >= 0.3 is 0 Å². The van der Waals surface area contributed by atoms with Crippen LogP contribution in [-0.4, -0.2) is 16.8 Å². The number of H-pyrrole nitrogens is 1. The summed E-state index contributed by atoms with van der Waals surface area (Å²) < 4.78 is 36.7. The second-order valence-corrected chi connectivity index (χ2v) is 4.44. The molecule has 3 aromatic rings. The number of ether oxygens (including phenoxy) is 2. The van der Waals surface area contributed by atoms with Gasteiger partial charge in [0.25, 0.3) is 0 Å². The molecule has 0 bridgehead atoms. The van der Waals surface area contributed by atoms with E-state index in [1.165, 1.54) is 6.07 Å². The first-order valence-corrected chi connectivity index (χ1v) is 5.95. The van der Waals surface area contributed by atoms with E-state index < -0.39 is 11.6 Å². The maximum Gasteiger partial charge on any atom is 0.231 e. The first-order valence-electron chi connectivity index (χ1n) is 5.95. The fourth-order valence-corrected chi connectivity index (χ4v) is 2.18. The average molecular weight is 274 g/mol. The number of hydrogen-bond acceptors (Lipinski definition) is 3. The molecule has 0 atom stereocenters. The summed E-state index contributed by atoms with van der Waals surface area (Å²) in [7, 11) is 0. The van der Waals surface area contributed by atoms with E-state index in [1.54, 1.807) is 12.1 Å². The molecule has 1 aromatic heterocycles. The highest BCUT2D eigenvalue weighted by atomic mass is 19.2. The van der Waals surface area contributed by atoms with E-state index >= 15 is 0 Å². The third-order valence-corrected chi connectivity index (χ3v) is 3.17. The topological polar surface area (TPSA) is 47.1 Å². The van der Waals surface area contributed by atoms with Gasteiger partial charge in [0, 0.05) is 17.7 Å².